The van der Waals surface area contributed by atoms with Crippen LogP contribution in [-0.4, -0.2) is 11.5 Å². The van der Waals surface area contributed by atoms with E-state index < -0.39 is 4.92 Å². The average molecular weight is 194 g/mol. The maximum Gasteiger partial charge on any atom is 0.272 e. The van der Waals surface area contributed by atoms with Gasteiger partial charge in [0.1, 0.15) is 5.75 Å². The van der Waals surface area contributed by atoms with Crippen LogP contribution in [0.2, 0.25) is 0 Å². The molecule has 0 aromatic heterocycles. The van der Waals surface area contributed by atoms with Crippen LogP contribution in [0.1, 0.15) is 12.0 Å². The Bertz CT molecular complexity index is 390. The number of hydrogen-bond acceptors (Lipinski definition) is 4. The second-order valence-corrected chi connectivity index (χ2v) is 3.23. The maximum atomic E-state index is 10.5. The van der Waals surface area contributed by atoms with Crippen molar-refractivity contribution in [1.29, 1.82) is 0 Å². The van der Waals surface area contributed by atoms with E-state index in [2.05, 4.69) is 0 Å². The number of anilines is 1. The molecular weight excluding hydrogens is 184 g/mol. The molecule has 1 heterocycles. The molecule has 0 saturated heterocycles. The molecule has 1 aromatic carbocycles. The second kappa shape index (κ2) is 3.17. The Labute approximate surface area is 80.6 Å². The van der Waals surface area contributed by atoms with Gasteiger partial charge < -0.3 is 10.5 Å². The summed E-state index contributed by atoms with van der Waals surface area (Å²) >= 11 is 0. The lowest BCUT2D eigenvalue weighted by atomic mass is 10.0. The Morgan fingerprint density at radius 3 is 3.00 bits per heavy atom. The number of aryl methyl sites for hydroxylation is 1. The van der Waals surface area contributed by atoms with Gasteiger partial charge in [0.25, 0.3) is 5.69 Å². The number of non-ortho nitro benzene ring substituents is 1. The SMILES string of the molecule is Nc1cc([N+](=O)[O-])cc2c1OCCC2. The molecule has 0 unspecified atom stereocenters. The summed E-state index contributed by atoms with van der Waals surface area (Å²) in [5.74, 6) is 0.613. The fourth-order valence-corrected chi connectivity index (χ4v) is 1.60. The molecule has 1 aliphatic rings. The fourth-order valence-electron chi connectivity index (χ4n) is 1.60. The highest BCUT2D eigenvalue weighted by Gasteiger charge is 2.18. The van der Waals surface area contributed by atoms with Crippen molar-refractivity contribution in [3.63, 3.8) is 0 Å². The highest BCUT2D eigenvalue weighted by molar-refractivity contribution is 5.63. The summed E-state index contributed by atoms with van der Waals surface area (Å²) in [7, 11) is 0. The molecule has 0 fully saturated rings. The first-order valence-corrected chi connectivity index (χ1v) is 4.38. The highest BCUT2D eigenvalue weighted by Crippen LogP contribution is 2.34. The van der Waals surface area contributed by atoms with Gasteiger partial charge in [0.05, 0.1) is 17.2 Å². The van der Waals surface area contributed by atoms with E-state index in [1.807, 2.05) is 0 Å². The molecule has 14 heavy (non-hydrogen) atoms. The predicted molar refractivity (Wildman–Crippen MR) is 51.3 cm³/mol. The van der Waals surface area contributed by atoms with Crippen molar-refractivity contribution in [2.75, 3.05) is 12.3 Å². The quantitative estimate of drug-likeness (QED) is 0.417. The van der Waals surface area contributed by atoms with Gasteiger partial charge in [0.15, 0.2) is 0 Å². The third-order valence-electron chi connectivity index (χ3n) is 2.23. The second-order valence-electron chi connectivity index (χ2n) is 3.23. The Morgan fingerprint density at radius 1 is 1.50 bits per heavy atom. The van der Waals surface area contributed by atoms with Crippen molar-refractivity contribution in [2.45, 2.75) is 12.8 Å². The molecule has 2 N–H and O–H groups in total. The van der Waals surface area contributed by atoms with E-state index in [0.29, 0.717) is 18.0 Å². The number of benzene rings is 1. The summed E-state index contributed by atoms with van der Waals surface area (Å²) in [6, 6.07) is 2.87. The minimum Gasteiger partial charge on any atom is -0.491 e. The standard InChI is InChI=1S/C9H10N2O3/c10-8-5-7(11(12)13)4-6-2-1-3-14-9(6)8/h4-5H,1-3,10H2. The number of nitrogen functional groups attached to an aromatic ring is 1. The topological polar surface area (TPSA) is 78.4 Å². The number of rotatable bonds is 1. The fraction of sp³-hybridized carbons (Fsp3) is 0.333. The van der Waals surface area contributed by atoms with Crippen LogP contribution >= 0.6 is 0 Å². The number of ether oxygens (including phenoxy) is 1. The van der Waals surface area contributed by atoms with Crippen LogP contribution < -0.4 is 10.5 Å². The van der Waals surface area contributed by atoms with Crippen molar-refractivity contribution >= 4 is 11.4 Å². The minimum atomic E-state index is -0.439. The molecule has 5 heteroatoms. The van der Waals surface area contributed by atoms with E-state index in [1.54, 1.807) is 0 Å². The molecule has 0 bridgehead atoms. The van der Waals surface area contributed by atoms with Gasteiger partial charge in [-0.25, -0.2) is 0 Å². The lowest BCUT2D eigenvalue weighted by Crippen LogP contribution is -2.10. The summed E-state index contributed by atoms with van der Waals surface area (Å²) in [5, 5.41) is 10.5. The van der Waals surface area contributed by atoms with E-state index in [9.17, 15) is 10.1 Å². The monoisotopic (exact) mass is 194 g/mol. The Kier molecular flexibility index (Phi) is 1.99. The van der Waals surface area contributed by atoms with Crippen LogP contribution in [0.15, 0.2) is 12.1 Å². The summed E-state index contributed by atoms with van der Waals surface area (Å²) < 4.78 is 5.34. The van der Waals surface area contributed by atoms with Crippen molar-refractivity contribution in [3.8, 4) is 5.75 Å². The number of nitro groups is 1. The molecule has 5 nitrogen and oxygen atoms in total. The summed E-state index contributed by atoms with van der Waals surface area (Å²) in [6.45, 7) is 0.634. The number of nitro benzene ring substituents is 1. The van der Waals surface area contributed by atoms with E-state index in [1.165, 1.54) is 12.1 Å². The molecule has 0 atom stereocenters. The largest absolute Gasteiger partial charge is 0.491 e. The third kappa shape index (κ3) is 1.37. The molecule has 74 valence electrons. The van der Waals surface area contributed by atoms with Crippen LogP contribution in [0.5, 0.6) is 5.75 Å². The number of fused-ring (bicyclic) bond motifs is 1. The zero-order valence-electron chi connectivity index (χ0n) is 7.53. The van der Waals surface area contributed by atoms with Gasteiger partial charge in [0.2, 0.25) is 0 Å². The molecule has 1 aliphatic heterocycles. The van der Waals surface area contributed by atoms with Gasteiger partial charge in [-0.1, -0.05) is 0 Å². The van der Waals surface area contributed by atoms with Gasteiger partial charge in [-0.3, -0.25) is 10.1 Å². The molecule has 0 spiro atoms. The lowest BCUT2D eigenvalue weighted by molar-refractivity contribution is -0.384. The molecule has 2 rings (SSSR count). The van der Waals surface area contributed by atoms with E-state index in [-0.39, 0.29) is 5.69 Å². The van der Waals surface area contributed by atoms with Gasteiger partial charge in [-0.2, -0.15) is 0 Å². The molecule has 0 amide bonds. The number of hydrogen-bond donors (Lipinski definition) is 1. The summed E-state index contributed by atoms with van der Waals surface area (Å²) in [5.41, 5.74) is 6.88. The summed E-state index contributed by atoms with van der Waals surface area (Å²) in [6.07, 6.45) is 1.68. The minimum absolute atomic E-state index is 0.0340. The maximum absolute atomic E-state index is 10.5. The van der Waals surface area contributed by atoms with Crippen molar-refractivity contribution in [1.82, 2.24) is 0 Å². The van der Waals surface area contributed by atoms with Crippen molar-refractivity contribution in [2.24, 2.45) is 0 Å². The van der Waals surface area contributed by atoms with Crippen LogP contribution in [0.4, 0.5) is 11.4 Å². The average Bonchev–Trinajstić information content (AvgIpc) is 2.17. The molecule has 0 saturated carbocycles. The lowest BCUT2D eigenvalue weighted by Gasteiger charge is -2.18. The smallest absolute Gasteiger partial charge is 0.272 e. The van der Waals surface area contributed by atoms with Crippen LogP contribution in [0, 0.1) is 10.1 Å². The highest BCUT2D eigenvalue weighted by atomic mass is 16.6. The van der Waals surface area contributed by atoms with E-state index in [4.69, 9.17) is 10.5 Å². The first-order chi connectivity index (χ1) is 6.68. The van der Waals surface area contributed by atoms with Gasteiger partial charge in [-0.05, 0) is 12.8 Å². The first kappa shape index (κ1) is 8.80. The zero-order valence-corrected chi connectivity index (χ0v) is 7.53. The van der Waals surface area contributed by atoms with Crippen LogP contribution in [-0.2, 0) is 6.42 Å². The molecule has 0 radical (unpaired) electrons. The van der Waals surface area contributed by atoms with Gasteiger partial charge in [-0.15, -0.1) is 0 Å². The van der Waals surface area contributed by atoms with Gasteiger partial charge >= 0.3 is 0 Å². The van der Waals surface area contributed by atoms with E-state index >= 15 is 0 Å². The Hall–Kier alpha value is -1.78. The third-order valence-corrected chi connectivity index (χ3v) is 2.23. The summed E-state index contributed by atoms with van der Waals surface area (Å²) in [4.78, 5) is 10.1. The number of nitrogens with two attached hydrogens (primary N) is 1. The van der Waals surface area contributed by atoms with Crippen molar-refractivity contribution in [3.05, 3.63) is 27.8 Å². The van der Waals surface area contributed by atoms with Gasteiger partial charge in [0, 0.05) is 17.7 Å². The van der Waals surface area contributed by atoms with Crippen molar-refractivity contribution < 1.29 is 9.66 Å². The normalized spacial score (nSPS) is 14.3. The number of nitrogens with zero attached hydrogens (tertiary/aromatic N) is 1. The first-order valence-electron chi connectivity index (χ1n) is 4.38. The van der Waals surface area contributed by atoms with Crippen LogP contribution in [0.25, 0.3) is 0 Å². The van der Waals surface area contributed by atoms with Crippen LogP contribution in [0.3, 0.4) is 0 Å². The Balaban J connectivity index is 2.51. The van der Waals surface area contributed by atoms with E-state index in [0.717, 1.165) is 18.4 Å². The Morgan fingerprint density at radius 2 is 2.29 bits per heavy atom. The predicted octanol–water partition coefficient (Wildman–Crippen LogP) is 1.50. The molecule has 0 aliphatic carbocycles. The zero-order chi connectivity index (χ0) is 10.1. The molecule has 1 aromatic rings. The molecular formula is C9H10N2O3.